The number of piperidine rings is 1. The lowest BCUT2D eigenvalue weighted by molar-refractivity contribution is -0.120. The fraction of sp³-hybridized carbons (Fsp3) is 0.500. The van der Waals surface area contributed by atoms with E-state index < -0.39 is 0 Å². The quantitative estimate of drug-likeness (QED) is 0.719. The number of nitrogens with zero attached hydrogens (tertiary/aromatic N) is 3. The number of hydrogen-bond donors (Lipinski definition) is 1. The monoisotopic (exact) mass is 410 g/mol. The Kier molecular flexibility index (Phi) is 6.50. The van der Waals surface area contributed by atoms with Gasteiger partial charge < -0.3 is 10.2 Å². The molecule has 1 fully saturated rings. The molecule has 0 aromatic heterocycles. The highest BCUT2D eigenvalue weighted by atomic mass is 16.2. The van der Waals surface area contributed by atoms with Gasteiger partial charge in [0.25, 0.3) is 17.7 Å². The van der Waals surface area contributed by atoms with E-state index >= 15 is 0 Å². The van der Waals surface area contributed by atoms with Crippen LogP contribution in [0.1, 0.15) is 64.2 Å². The van der Waals surface area contributed by atoms with Crippen LogP contribution in [0.15, 0.2) is 18.2 Å². The van der Waals surface area contributed by atoms with Gasteiger partial charge in [0, 0.05) is 31.7 Å². The standard InChI is InChI=1S/C22H26N4O4/c1-14(2)13-26-21(29)17-4-3-16(11-18(17)22(26)30)20(28)25-9-6-15(7-10-25)12-24-19(27)5-8-23/h3-4,11,14-15H,5-7,9-10,12-13H2,1-2H3,(H,24,27). The number of rotatable bonds is 6. The van der Waals surface area contributed by atoms with Crippen molar-refractivity contribution in [2.45, 2.75) is 33.1 Å². The molecule has 2 aliphatic heterocycles. The van der Waals surface area contributed by atoms with Crippen LogP contribution in [0, 0.1) is 23.2 Å². The van der Waals surface area contributed by atoms with Crippen molar-refractivity contribution >= 4 is 23.6 Å². The molecule has 8 nitrogen and oxygen atoms in total. The van der Waals surface area contributed by atoms with E-state index in [2.05, 4.69) is 5.32 Å². The van der Waals surface area contributed by atoms with Gasteiger partial charge in [-0.3, -0.25) is 24.1 Å². The van der Waals surface area contributed by atoms with Crippen molar-refractivity contribution in [1.29, 1.82) is 5.26 Å². The van der Waals surface area contributed by atoms with Gasteiger partial charge in [-0.2, -0.15) is 5.26 Å². The number of hydrogen-bond acceptors (Lipinski definition) is 5. The Hall–Kier alpha value is -3.21. The Labute approximate surface area is 175 Å². The Balaban J connectivity index is 1.61. The SMILES string of the molecule is CC(C)CN1C(=O)c2ccc(C(=O)N3CCC(CNC(=O)CC#N)CC3)cc2C1=O. The molecule has 0 saturated carbocycles. The van der Waals surface area contributed by atoms with E-state index in [1.807, 2.05) is 19.9 Å². The minimum Gasteiger partial charge on any atom is -0.355 e. The summed E-state index contributed by atoms with van der Waals surface area (Å²) in [6.07, 6.45) is 1.36. The van der Waals surface area contributed by atoms with E-state index in [0.29, 0.717) is 42.9 Å². The van der Waals surface area contributed by atoms with E-state index in [0.717, 1.165) is 12.8 Å². The number of nitrogens with one attached hydrogen (secondary N) is 1. The average Bonchev–Trinajstić information content (AvgIpc) is 2.96. The van der Waals surface area contributed by atoms with Gasteiger partial charge in [0.2, 0.25) is 5.91 Å². The first-order valence-electron chi connectivity index (χ1n) is 10.2. The van der Waals surface area contributed by atoms with Crippen LogP contribution in [0.2, 0.25) is 0 Å². The first kappa shape index (κ1) is 21.5. The fourth-order valence-electron chi connectivity index (χ4n) is 3.87. The van der Waals surface area contributed by atoms with E-state index in [9.17, 15) is 19.2 Å². The molecule has 30 heavy (non-hydrogen) atoms. The molecule has 4 amide bonds. The van der Waals surface area contributed by atoms with E-state index in [1.165, 1.54) is 11.0 Å². The highest BCUT2D eigenvalue weighted by Crippen LogP contribution is 2.26. The third-order valence-electron chi connectivity index (χ3n) is 5.49. The second-order valence-corrected chi connectivity index (χ2v) is 8.25. The molecule has 1 aromatic carbocycles. The van der Waals surface area contributed by atoms with Gasteiger partial charge >= 0.3 is 0 Å². The van der Waals surface area contributed by atoms with Crippen molar-refractivity contribution in [3.63, 3.8) is 0 Å². The number of carbonyl (C=O) groups is 4. The highest BCUT2D eigenvalue weighted by Gasteiger charge is 2.36. The summed E-state index contributed by atoms with van der Waals surface area (Å²) >= 11 is 0. The van der Waals surface area contributed by atoms with Crippen LogP contribution in [0.25, 0.3) is 0 Å². The summed E-state index contributed by atoms with van der Waals surface area (Å²) in [4.78, 5) is 52.4. The molecule has 2 heterocycles. The molecule has 0 aliphatic carbocycles. The van der Waals surface area contributed by atoms with E-state index in [-0.39, 0.29) is 41.9 Å². The zero-order valence-electron chi connectivity index (χ0n) is 17.3. The Morgan fingerprint density at radius 1 is 1.17 bits per heavy atom. The molecule has 1 aromatic rings. The fourth-order valence-corrected chi connectivity index (χ4v) is 3.87. The smallest absolute Gasteiger partial charge is 0.261 e. The van der Waals surface area contributed by atoms with Crippen LogP contribution >= 0.6 is 0 Å². The van der Waals surface area contributed by atoms with Gasteiger partial charge in [0.05, 0.1) is 17.2 Å². The number of likely N-dealkylation sites (tertiary alicyclic amines) is 1. The van der Waals surface area contributed by atoms with Crippen molar-refractivity contribution in [2.75, 3.05) is 26.2 Å². The number of amides is 4. The zero-order chi connectivity index (χ0) is 21.8. The number of imide groups is 1. The Morgan fingerprint density at radius 3 is 2.47 bits per heavy atom. The summed E-state index contributed by atoms with van der Waals surface area (Å²) in [7, 11) is 0. The molecule has 0 radical (unpaired) electrons. The van der Waals surface area contributed by atoms with Gasteiger partial charge in [0.15, 0.2) is 0 Å². The lowest BCUT2D eigenvalue weighted by Crippen LogP contribution is -2.41. The Morgan fingerprint density at radius 2 is 1.83 bits per heavy atom. The predicted octanol–water partition coefficient (Wildman–Crippen LogP) is 1.82. The molecule has 0 bridgehead atoms. The second kappa shape index (κ2) is 9.08. The zero-order valence-corrected chi connectivity index (χ0v) is 17.3. The number of nitriles is 1. The molecule has 158 valence electrons. The van der Waals surface area contributed by atoms with Crippen LogP contribution in [-0.2, 0) is 4.79 Å². The topological polar surface area (TPSA) is 111 Å². The molecule has 8 heteroatoms. The van der Waals surface area contributed by atoms with Crippen molar-refractivity contribution in [2.24, 2.45) is 11.8 Å². The van der Waals surface area contributed by atoms with Crippen LogP contribution in [0.4, 0.5) is 0 Å². The summed E-state index contributed by atoms with van der Waals surface area (Å²) in [5.74, 6) is -0.654. The van der Waals surface area contributed by atoms with Gasteiger partial charge in [-0.15, -0.1) is 0 Å². The third-order valence-corrected chi connectivity index (χ3v) is 5.49. The molecule has 3 rings (SSSR count). The van der Waals surface area contributed by atoms with Gasteiger partial charge in [-0.25, -0.2) is 0 Å². The number of fused-ring (bicyclic) bond motifs is 1. The van der Waals surface area contributed by atoms with E-state index in [4.69, 9.17) is 5.26 Å². The summed E-state index contributed by atoms with van der Waals surface area (Å²) in [6, 6.07) is 6.53. The van der Waals surface area contributed by atoms with Crippen LogP contribution in [-0.4, -0.2) is 59.6 Å². The minimum atomic E-state index is -0.342. The lowest BCUT2D eigenvalue weighted by atomic mass is 9.96. The maximum Gasteiger partial charge on any atom is 0.261 e. The molecule has 0 unspecified atom stereocenters. The number of benzene rings is 1. The normalized spacial score (nSPS) is 16.6. The average molecular weight is 410 g/mol. The third kappa shape index (κ3) is 4.51. The van der Waals surface area contributed by atoms with Crippen molar-refractivity contribution in [3.05, 3.63) is 34.9 Å². The molecular formula is C22H26N4O4. The van der Waals surface area contributed by atoms with Gasteiger partial charge in [0.1, 0.15) is 6.42 Å². The summed E-state index contributed by atoms with van der Waals surface area (Å²) in [5.41, 5.74) is 1.05. The lowest BCUT2D eigenvalue weighted by Gasteiger charge is -2.32. The maximum atomic E-state index is 12.9. The first-order chi connectivity index (χ1) is 14.3. The Bertz CT molecular complexity index is 910. The first-order valence-corrected chi connectivity index (χ1v) is 10.2. The largest absolute Gasteiger partial charge is 0.355 e. The minimum absolute atomic E-state index is 0.147. The van der Waals surface area contributed by atoms with Gasteiger partial charge in [-0.05, 0) is 42.9 Å². The summed E-state index contributed by atoms with van der Waals surface area (Å²) in [6.45, 7) is 5.86. The van der Waals surface area contributed by atoms with Crippen molar-refractivity contribution < 1.29 is 19.2 Å². The van der Waals surface area contributed by atoms with Crippen molar-refractivity contribution in [1.82, 2.24) is 15.1 Å². The summed E-state index contributed by atoms with van der Waals surface area (Å²) in [5, 5.41) is 11.3. The van der Waals surface area contributed by atoms with Crippen LogP contribution in [0.3, 0.4) is 0 Å². The van der Waals surface area contributed by atoms with E-state index in [1.54, 1.807) is 17.0 Å². The summed E-state index contributed by atoms with van der Waals surface area (Å²) < 4.78 is 0. The second-order valence-electron chi connectivity index (χ2n) is 8.25. The molecule has 2 aliphatic rings. The molecule has 1 saturated heterocycles. The maximum absolute atomic E-state index is 12.9. The molecule has 0 atom stereocenters. The van der Waals surface area contributed by atoms with Gasteiger partial charge in [-0.1, -0.05) is 13.8 Å². The number of carbonyl (C=O) groups excluding carboxylic acids is 4. The van der Waals surface area contributed by atoms with Crippen LogP contribution in [0.5, 0.6) is 0 Å². The molecule has 0 spiro atoms. The molecule has 1 N–H and O–H groups in total. The highest BCUT2D eigenvalue weighted by molar-refractivity contribution is 6.22. The molecular weight excluding hydrogens is 384 g/mol. The predicted molar refractivity (Wildman–Crippen MR) is 109 cm³/mol. The van der Waals surface area contributed by atoms with Crippen LogP contribution < -0.4 is 5.32 Å². The van der Waals surface area contributed by atoms with Crippen molar-refractivity contribution in [3.8, 4) is 6.07 Å².